The zero-order valence-corrected chi connectivity index (χ0v) is 7.53. The summed E-state index contributed by atoms with van der Waals surface area (Å²) in [6.07, 6.45) is -0.224. The van der Waals surface area contributed by atoms with E-state index in [0.717, 1.165) is 0 Å². The third-order valence-corrected chi connectivity index (χ3v) is 2.09. The first kappa shape index (κ1) is 8.74. The molecule has 4 nitrogen and oxygen atoms in total. The monoisotopic (exact) mass is 192 g/mol. The molecule has 0 aromatic heterocycles. The van der Waals surface area contributed by atoms with Crippen molar-refractivity contribution in [3.63, 3.8) is 0 Å². The van der Waals surface area contributed by atoms with Crippen LogP contribution in [0.3, 0.4) is 0 Å². The van der Waals surface area contributed by atoms with Crippen LogP contribution >= 0.6 is 0 Å². The number of aromatic hydroxyl groups is 1. The quantitative estimate of drug-likeness (QED) is 0.381. The second-order valence-electron chi connectivity index (χ2n) is 3.21. The largest absolute Gasteiger partial charge is 0.508 e. The Morgan fingerprint density at radius 2 is 2.07 bits per heavy atom. The summed E-state index contributed by atoms with van der Waals surface area (Å²) < 4.78 is 4.84. The van der Waals surface area contributed by atoms with Gasteiger partial charge in [-0.1, -0.05) is 0 Å². The number of phenols is 1. The van der Waals surface area contributed by atoms with E-state index < -0.39 is 5.97 Å². The third kappa shape index (κ3) is 1.25. The van der Waals surface area contributed by atoms with Crippen molar-refractivity contribution in [2.45, 2.75) is 13.3 Å². The Morgan fingerprint density at radius 3 is 2.79 bits per heavy atom. The molecule has 0 saturated heterocycles. The van der Waals surface area contributed by atoms with Crippen LogP contribution in [0.2, 0.25) is 0 Å². The molecular weight excluding hydrogens is 184 g/mol. The standard InChI is InChI=1S/C10H8O4/c1-5-2-6(11)3-8-10(5)7(12)4-9(13)14-8/h2-3,11H,4H2,1H3. The molecule has 0 spiro atoms. The smallest absolute Gasteiger partial charge is 0.319 e. The van der Waals surface area contributed by atoms with Crippen molar-refractivity contribution in [1.82, 2.24) is 0 Å². The number of rotatable bonds is 0. The summed E-state index contributed by atoms with van der Waals surface area (Å²) in [7, 11) is 0. The molecule has 1 N–H and O–H groups in total. The molecule has 1 aromatic rings. The lowest BCUT2D eigenvalue weighted by Gasteiger charge is -2.16. The van der Waals surface area contributed by atoms with Gasteiger partial charge in [0.15, 0.2) is 5.78 Å². The lowest BCUT2D eigenvalue weighted by Crippen LogP contribution is -2.22. The first-order valence-corrected chi connectivity index (χ1v) is 4.15. The van der Waals surface area contributed by atoms with Crippen LogP contribution in [0.15, 0.2) is 12.1 Å². The Hall–Kier alpha value is -1.84. The number of ether oxygens (including phenoxy) is 1. The van der Waals surface area contributed by atoms with E-state index in [9.17, 15) is 14.7 Å². The average molecular weight is 192 g/mol. The van der Waals surface area contributed by atoms with Crippen molar-refractivity contribution in [2.75, 3.05) is 0 Å². The number of Topliss-reactive ketones (excluding diaryl/α,β-unsaturated/α-hetero) is 1. The number of carbonyl (C=O) groups excluding carboxylic acids is 2. The summed E-state index contributed by atoms with van der Waals surface area (Å²) in [6.45, 7) is 1.69. The van der Waals surface area contributed by atoms with Gasteiger partial charge in [0.05, 0.1) is 5.56 Å². The number of hydrogen-bond donors (Lipinski definition) is 1. The van der Waals surface area contributed by atoms with Gasteiger partial charge in [-0.25, -0.2) is 0 Å². The fourth-order valence-electron chi connectivity index (χ4n) is 1.55. The molecule has 0 unspecified atom stereocenters. The highest BCUT2D eigenvalue weighted by molar-refractivity contribution is 6.11. The lowest BCUT2D eigenvalue weighted by molar-refractivity contribution is -0.133. The minimum Gasteiger partial charge on any atom is -0.508 e. The second kappa shape index (κ2) is 2.83. The highest BCUT2D eigenvalue weighted by Crippen LogP contribution is 2.31. The van der Waals surface area contributed by atoms with E-state index in [4.69, 9.17) is 4.74 Å². The van der Waals surface area contributed by atoms with Crippen LogP contribution in [0.5, 0.6) is 11.5 Å². The first-order chi connectivity index (χ1) is 6.58. The van der Waals surface area contributed by atoms with E-state index in [1.807, 2.05) is 0 Å². The van der Waals surface area contributed by atoms with Crippen molar-refractivity contribution in [1.29, 1.82) is 0 Å². The van der Waals surface area contributed by atoms with Gasteiger partial charge in [0.25, 0.3) is 0 Å². The fourth-order valence-corrected chi connectivity index (χ4v) is 1.55. The number of aryl methyl sites for hydroxylation is 1. The molecule has 0 atom stereocenters. The molecule has 0 amide bonds. The van der Waals surface area contributed by atoms with Gasteiger partial charge in [0.2, 0.25) is 0 Å². The molecule has 0 fully saturated rings. The van der Waals surface area contributed by atoms with Gasteiger partial charge in [-0.3, -0.25) is 9.59 Å². The summed E-state index contributed by atoms with van der Waals surface area (Å²) in [5, 5.41) is 9.24. The Morgan fingerprint density at radius 1 is 1.36 bits per heavy atom. The minimum absolute atomic E-state index is 0.0104. The van der Waals surface area contributed by atoms with Gasteiger partial charge < -0.3 is 9.84 Å². The van der Waals surface area contributed by atoms with Crippen LogP contribution in [0.1, 0.15) is 22.3 Å². The van der Waals surface area contributed by atoms with Crippen molar-refractivity contribution in [2.24, 2.45) is 0 Å². The predicted octanol–water partition coefficient (Wildman–Crippen LogP) is 1.19. The summed E-state index contributed by atoms with van der Waals surface area (Å²) in [5.41, 5.74) is 1.01. The van der Waals surface area contributed by atoms with Crippen molar-refractivity contribution >= 4 is 11.8 Å². The highest BCUT2D eigenvalue weighted by atomic mass is 16.5. The molecular formula is C10H8O4. The zero-order valence-electron chi connectivity index (χ0n) is 7.53. The Kier molecular flexibility index (Phi) is 1.77. The summed E-state index contributed by atoms with van der Waals surface area (Å²) >= 11 is 0. The Bertz CT molecular complexity index is 434. The minimum atomic E-state index is -0.576. The maximum absolute atomic E-state index is 11.4. The number of esters is 1. The van der Waals surface area contributed by atoms with Gasteiger partial charge in [0, 0.05) is 6.07 Å². The van der Waals surface area contributed by atoms with Gasteiger partial charge in [0.1, 0.15) is 17.9 Å². The predicted molar refractivity (Wildman–Crippen MR) is 47.4 cm³/mol. The number of ketones is 1. The maximum atomic E-state index is 11.4. The molecule has 1 aliphatic heterocycles. The molecule has 2 rings (SSSR count). The molecule has 4 heteroatoms. The molecule has 0 saturated carbocycles. The Balaban J connectivity index is 2.64. The van der Waals surface area contributed by atoms with Crippen molar-refractivity contribution in [3.8, 4) is 11.5 Å². The van der Waals surface area contributed by atoms with Crippen LogP contribution in [0.25, 0.3) is 0 Å². The van der Waals surface area contributed by atoms with Gasteiger partial charge >= 0.3 is 5.97 Å². The van der Waals surface area contributed by atoms with E-state index in [0.29, 0.717) is 11.1 Å². The second-order valence-corrected chi connectivity index (χ2v) is 3.21. The van der Waals surface area contributed by atoms with Gasteiger partial charge in [-0.2, -0.15) is 0 Å². The molecule has 14 heavy (non-hydrogen) atoms. The molecule has 72 valence electrons. The number of phenolic OH excluding ortho intramolecular Hbond substituents is 1. The third-order valence-electron chi connectivity index (χ3n) is 2.09. The molecule has 0 aliphatic carbocycles. The van der Waals surface area contributed by atoms with E-state index in [-0.39, 0.29) is 23.7 Å². The van der Waals surface area contributed by atoms with Gasteiger partial charge in [-0.15, -0.1) is 0 Å². The van der Waals surface area contributed by atoms with E-state index in [2.05, 4.69) is 0 Å². The SMILES string of the molecule is Cc1cc(O)cc2c1C(=O)CC(=O)O2. The van der Waals surface area contributed by atoms with Crippen molar-refractivity contribution in [3.05, 3.63) is 23.3 Å². The highest BCUT2D eigenvalue weighted by Gasteiger charge is 2.26. The summed E-state index contributed by atoms with van der Waals surface area (Å²) in [5.74, 6) is -0.686. The van der Waals surface area contributed by atoms with Crippen LogP contribution < -0.4 is 4.74 Å². The van der Waals surface area contributed by atoms with Gasteiger partial charge in [-0.05, 0) is 18.6 Å². The maximum Gasteiger partial charge on any atom is 0.319 e. The van der Waals surface area contributed by atoms with Crippen molar-refractivity contribution < 1.29 is 19.4 Å². The number of fused-ring (bicyclic) bond motifs is 1. The average Bonchev–Trinajstić information content (AvgIpc) is 1.99. The molecule has 1 aromatic carbocycles. The first-order valence-electron chi connectivity index (χ1n) is 4.15. The summed E-state index contributed by atoms with van der Waals surface area (Å²) in [6, 6.07) is 2.74. The lowest BCUT2D eigenvalue weighted by atomic mass is 9.99. The molecule has 1 heterocycles. The fraction of sp³-hybridized carbons (Fsp3) is 0.200. The molecule has 0 bridgehead atoms. The Labute approximate surface area is 80.1 Å². The number of hydrogen-bond acceptors (Lipinski definition) is 4. The normalized spacial score (nSPS) is 14.9. The topological polar surface area (TPSA) is 63.6 Å². The van der Waals surface area contributed by atoms with E-state index in [1.54, 1.807) is 6.92 Å². The molecule has 1 aliphatic rings. The van der Waals surface area contributed by atoms with Crippen LogP contribution in [0, 0.1) is 6.92 Å². The van der Waals surface area contributed by atoms with Crippen LogP contribution in [-0.4, -0.2) is 16.9 Å². The van der Waals surface area contributed by atoms with Crippen LogP contribution in [-0.2, 0) is 4.79 Å². The number of carbonyl (C=O) groups is 2. The van der Waals surface area contributed by atoms with E-state index >= 15 is 0 Å². The molecule has 0 radical (unpaired) electrons. The van der Waals surface area contributed by atoms with Crippen LogP contribution in [0.4, 0.5) is 0 Å². The van der Waals surface area contributed by atoms with E-state index in [1.165, 1.54) is 12.1 Å². The number of benzene rings is 1. The zero-order chi connectivity index (χ0) is 10.3. The summed E-state index contributed by atoms with van der Waals surface area (Å²) in [4.78, 5) is 22.4.